The van der Waals surface area contributed by atoms with Crippen molar-refractivity contribution in [1.82, 2.24) is 5.32 Å². The van der Waals surface area contributed by atoms with Crippen LogP contribution < -0.4 is 11.1 Å². The molecule has 1 unspecified atom stereocenters. The van der Waals surface area contributed by atoms with Gasteiger partial charge >= 0.3 is 0 Å². The molecule has 1 aromatic carbocycles. The van der Waals surface area contributed by atoms with Gasteiger partial charge in [0.2, 0.25) is 5.91 Å². The molecule has 0 saturated carbocycles. The first kappa shape index (κ1) is 13.5. The number of amides is 1. The van der Waals surface area contributed by atoms with Crippen molar-refractivity contribution in [2.45, 2.75) is 18.7 Å². The molecule has 3 N–H and O–H groups in total. The fourth-order valence-corrected chi connectivity index (χ4v) is 1.64. The highest BCUT2D eigenvalue weighted by Crippen LogP contribution is 2.05. The number of anilines is 1. The van der Waals surface area contributed by atoms with Gasteiger partial charge in [-0.3, -0.25) is 4.79 Å². The molecule has 0 fully saturated rings. The van der Waals surface area contributed by atoms with Gasteiger partial charge in [-0.15, -0.1) is 0 Å². The first-order valence-corrected chi connectivity index (χ1v) is 7.07. The van der Waals surface area contributed by atoms with Crippen molar-refractivity contribution in [3.8, 4) is 0 Å². The number of hydrogen-bond acceptors (Lipinski definition) is 4. The van der Waals surface area contributed by atoms with Crippen LogP contribution in [0.15, 0.2) is 24.3 Å². The minimum atomic E-state index is -3.35. The van der Waals surface area contributed by atoms with Crippen LogP contribution in [0.5, 0.6) is 0 Å². The van der Waals surface area contributed by atoms with Gasteiger partial charge in [-0.2, -0.15) is 0 Å². The zero-order chi connectivity index (χ0) is 13.1. The van der Waals surface area contributed by atoms with Gasteiger partial charge in [0, 0.05) is 18.5 Å². The lowest BCUT2D eigenvalue weighted by Gasteiger charge is -2.10. The summed E-state index contributed by atoms with van der Waals surface area (Å²) < 4.78 is 22.3. The number of nitrogens with two attached hydrogens (primary N) is 1. The topological polar surface area (TPSA) is 89.3 Å². The molecule has 6 heteroatoms. The Morgan fingerprint density at radius 2 is 1.88 bits per heavy atom. The fraction of sp³-hybridized carbons (Fsp3) is 0.364. The Balaban J connectivity index is 2.57. The van der Waals surface area contributed by atoms with Crippen LogP contribution in [0, 0.1) is 0 Å². The Morgan fingerprint density at radius 1 is 1.35 bits per heavy atom. The summed E-state index contributed by atoms with van der Waals surface area (Å²) in [5.74, 6) is -0.496. The highest BCUT2D eigenvalue weighted by Gasteiger charge is 2.22. The Morgan fingerprint density at radius 3 is 2.35 bits per heavy atom. The number of rotatable bonds is 4. The first-order valence-electron chi connectivity index (χ1n) is 5.11. The highest BCUT2D eigenvalue weighted by atomic mass is 32.2. The van der Waals surface area contributed by atoms with Gasteiger partial charge in [-0.1, -0.05) is 12.1 Å². The van der Waals surface area contributed by atoms with Crippen molar-refractivity contribution in [3.05, 3.63) is 29.8 Å². The Bertz CT molecular complexity index is 494. The smallest absolute Gasteiger partial charge is 0.238 e. The largest absolute Gasteiger partial charge is 0.399 e. The second-order valence-electron chi connectivity index (χ2n) is 3.93. The number of carbonyl (C=O) groups excluding carboxylic acids is 1. The second-order valence-corrected chi connectivity index (χ2v) is 6.30. The van der Waals surface area contributed by atoms with Crippen molar-refractivity contribution >= 4 is 21.4 Å². The second kappa shape index (κ2) is 5.18. The van der Waals surface area contributed by atoms with Crippen LogP contribution in [-0.4, -0.2) is 25.8 Å². The van der Waals surface area contributed by atoms with Gasteiger partial charge in [-0.05, 0) is 24.6 Å². The Labute approximate surface area is 101 Å². The first-order chi connectivity index (χ1) is 7.80. The zero-order valence-corrected chi connectivity index (χ0v) is 10.6. The molecular weight excluding hydrogens is 240 g/mol. The van der Waals surface area contributed by atoms with Gasteiger partial charge < -0.3 is 11.1 Å². The van der Waals surface area contributed by atoms with E-state index in [1.807, 2.05) is 0 Å². The van der Waals surface area contributed by atoms with E-state index >= 15 is 0 Å². The van der Waals surface area contributed by atoms with Crippen molar-refractivity contribution in [2.75, 3.05) is 12.0 Å². The molecule has 5 nitrogen and oxygen atoms in total. The van der Waals surface area contributed by atoms with Crippen LogP contribution in [0.4, 0.5) is 5.69 Å². The van der Waals surface area contributed by atoms with Crippen LogP contribution in [0.2, 0.25) is 0 Å². The van der Waals surface area contributed by atoms with Gasteiger partial charge in [-0.25, -0.2) is 8.42 Å². The average Bonchev–Trinajstić information content (AvgIpc) is 2.25. The zero-order valence-electron chi connectivity index (χ0n) is 9.80. The van der Waals surface area contributed by atoms with Crippen molar-refractivity contribution in [2.24, 2.45) is 0 Å². The maximum Gasteiger partial charge on any atom is 0.238 e. The lowest BCUT2D eigenvalue weighted by molar-refractivity contribution is -0.120. The van der Waals surface area contributed by atoms with E-state index in [4.69, 9.17) is 5.73 Å². The Kier molecular flexibility index (Phi) is 4.11. The number of nitrogens with one attached hydrogen (secondary N) is 1. The average molecular weight is 256 g/mol. The van der Waals surface area contributed by atoms with Crippen molar-refractivity contribution < 1.29 is 13.2 Å². The molecule has 0 bridgehead atoms. The molecule has 1 amide bonds. The van der Waals surface area contributed by atoms with E-state index in [-0.39, 0.29) is 0 Å². The highest BCUT2D eigenvalue weighted by molar-refractivity contribution is 7.92. The third kappa shape index (κ3) is 4.07. The summed E-state index contributed by atoms with van der Waals surface area (Å²) in [5, 5.41) is 1.53. The third-order valence-electron chi connectivity index (χ3n) is 2.46. The third-order valence-corrected chi connectivity index (χ3v) is 3.96. The van der Waals surface area contributed by atoms with E-state index in [9.17, 15) is 13.2 Å². The van der Waals surface area contributed by atoms with E-state index in [1.54, 1.807) is 24.3 Å². The van der Waals surface area contributed by atoms with Gasteiger partial charge in [0.15, 0.2) is 9.84 Å². The maximum atomic E-state index is 11.5. The summed E-state index contributed by atoms with van der Waals surface area (Å²) in [6, 6.07) is 7.00. The lowest BCUT2D eigenvalue weighted by atomic mass is 10.2. The van der Waals surface area contributed by atoms with Crippen LogP contribution >= 0.6 is 0 Å². The molecule has 0 aliphatic heterocycles. The SMILES string of the molecule is CC(C(=O)NCc1ccc(N)cc1)S(C)(=O)=O. The fourth-order valence-electron chi connectivity index (χ4n) is 1.16. The molecule has 1 aromatic rings. The van der Waals surface area contributed by atoms with E-state index in [1.165, 1.54) is 6.92 Å². The Hall–Kier alpha value is -1.56. The summed E-state index contributed by atoms with van der Waals surface area (Å²) in [4.78, 5) is 11.5. The van der Waals surface area contributed by atoms with Crippen molar-refractivity contribution in [1.29, 1.82) is 0 Å². The predicted octanol–water partition coefficient (Wildman–Crippen LogP) is 0.318. The van der Waals surface area contributed by atoms with E-state index in [2.05, 4.69) is 5.32 Å². The lowest BCUT2D eigenvalue weighted by Crippen LogP contribution is -2.36. The van der Waals surface area contributed by atoms with E-state index in [0.717, 1.165) is 11.8 Å². The van der Waals surface area contributed by atoms with Crippen LogP contribution in [0.25, 0.3) is 0 Å². The van der Waals surface area contributed by atoms with Gasteiger partial charge in [0.05, 0.1) is 0 Å². The minimum absolute atomic E-state index is 0.291. The number of carbonyl (C=O) groups is 1. The van der Waals surface area contributed by atoms with Gasteiger partial charge in [0.25, 0.3) is 0 Å². The molecule has 17 heavy (non-hydrogen) atoms. The molecule has 0 aliphatic carbocycles. The molecule has 1 atom stereocenters. The van der Waals surface area contributed by atoms with Crippen molar-refractivity contribution in [3.63, 3.8) is 0 Å². The quantitative estimate of drug-likeness (QED) is 0.759. The molecule has 1 rings (SSSR count). The normalized spacial score (nSPS) is 13.1. The molecule has 0 radical (unpaired) electrons. The van der Waals surface area contributed by atoms with E-state index < -0.39 is 21.0 Å². The van der Waals surface area contributed by atoms with Crippen LogP contribution in [0.1, 0.15) is 12.5 Å². The number of sulfone groups is 1. The molecule has 0 aromatic heterocycles. The summed E-state index contributed by atoms with van der Waals surface area (Å²) in [5.41, 5.74) is 7.03. The monoisotopic (exact) mass is 256 g/mol. The summed E-state index contributed by atoms with van der Waals surface area (Å²) in [6.07, 6.45) is 1.04. The number of benzene rings is 1. The van der Waals surface area contributed by atoms with Crippen LogP contribution in [0.3, 0.4) is 0 Å². The number of hydrogen-bond donors (Lipinski definition) is 2. The van der Waals surface area contributed by atoms with Crippen LogP contribution in [-0.2, 0) is 21.2 Å². The molecule has 94 valence electrons. The van der Waals surface area contributed by atoms with E-state index in [0.29, 0.717) is 12.2 Å². The molecular formula is C11H16N2O3S. The maximum absolute atomic E-state index is 11.5. The minimum Gasteiger partial charge on any atom is -0.399 e. The standard InChI is InChI=1S/C11H16N2O3S/c1-8(17(2,15)16)11(14)13-7-9-3-5-10(12)6-4-9/h3-6,8H,7,12H2,1-2H3,(H,13,14). The van der Waals surface area contributed by atoms with Gasteiger partial charge in [0.1, 0.15) is 5.25 Å². The summed E-state index contributed by atoms with van der Waals surface area (Å²) in [7, 11) is -3.35. The number of nitrogen functional groups attached to an aromatic ring is 1. The molecule has 0 aliphatic rings. The molecule has 0 saturated heterocycles. The molecule has 0 spiro atoms. The predicted molar refractivity (Wildman–Crippen MR) is 67.0 cm³/mol. The summed E-state index contributed by atoms with van der Waals surface area (Å²) in [6.45, 7) is 1.66. The molecule has 0 heterocycles. The summed E-state index contributed by atoms with van der Waals surface area (Å²) >= 11 is 0.